The van der Waals surface area contributed by atoms with Crippen molar-refractivity contribution in [2.24, 2.45) is 0 Å². The van der Waals surface area contributed by atoms with Crippen LogP contribution in [0.2, 0.25) is 0 Å². The van der Waals surface area contributed by atoms with Crippen LogP contribution in [-0.2, 0) is 6.54 Å². The van der Waals surface area contributed by atoms with E-state index in [0.717, 1.165) is 48.7 Å². The van der Waals surface area contributed by atoms with Crippen LogP contribution in [0.1, 0.15) is 42.6 Å². The van der Waals surface area contributed by atoms with Gasteiger partial charge in [-0.2, -0.15) is 0 Å². The minimum absolute atomic E-state index is 0.231. The summed E-state index contributed by atoms with van der Waals surface area (Å²) in [7, 11) is 0. The van der Waals surface area contributed by atoms with Crippen molar-refractivity contribution in [2.45, 2.75) is 38.5 Å². The number of hydrogen-bond donors (Lipinski definition) is 1. The molecular weight excluding hydrogens is 365 g/mol. The summed E-state index contributed by atoms with van der Waals surface area (Å²) in [4.78, 5) is 7.10. The van der Waals surface area contributed by atoms with Gasteiger partial charge in [-0.1, -0.05) is 5.21 Å². The minimum Gasteiger partial charge on any atom is -0.387 e. The summed E-state index contributed by atoms with van der Waals surface area (Å²) in [6, 6.07) is 6.78. The Morgan fingerprint density at radius 3 is 2.67 bits per heavy atom. The smallest absolute Gasteiger partial charge is 0.123 e. The van der Waals surface area contributed by atoms with E-state index < -0.39 is 6.10 Å². The number of halogens is 1. The topological polar surface area (TPSA) is 67.1 Å². The summed E-state index contributed by atoms with van der Waals surface area (Å²) >= 11 is 1.64. The number of piperidine rings is 1. The zero-order valence-corrected chi connectivity index (χ0v) is 15.9. The summed E-state index contributed by atoms with van der Waals surface area (Å²) in [5.74, 6) is -0.231. The first-order valence-corrected chi connectivity index (χ1v) is 9.99. The van der Waals surface area contributed by atoms with E-state index in [-0.39, 0.29) is 5.82 Å². The van der Waals surface area contributed by atoms with E-state index in [4.69, 9.17) is 4.98 Å². The Kier molecular flexibility index (Phi) is 5.29. The Morgan fingerprint density at radius 1 is 1.26 bits per heavy atom. The van der Waals surface area contributed by atoms with Gasteiger partial charge in [-0.3, -0.25) is 4.90 Å². The average molecular weight is 387 g/mol. The molecule has 1 aliphatic rings. The van der Waals surface area contributed by atoms with Gasteiger partial charge in [-0.25, -0.2) is 14.1 Å². The average Bonchev–Trinajstić information content (AvgIpc) is 3.33. The molecule has 1 N–H and O–H groups in total. The lowest BCUT2D eigenvalue weighted by atomic mass is 10.1. The summed E-state index contributed by atoms with van der Waals surface area (Å²) in [5.41, 5.74) is 2.46. The second kappa shape index (κ2) is 7.84. The van der Waals surface area contributed by atoms with Crippen molar-refractivity contribution < 1.29 is 9.50 Å². The van der Waals surface area contributed by atoms with Crippen LogP contribution in [0.3, 0.4) is 0 Å². The number of thiazole rings is 1. The highest BCUT2D eigenvalue weighted by Crippen LogP contribution is 2.26. The van der Waals surface area contributed by atoms with E-state index in [1.54, 1.807) is 30.4 Å². The second-order valence-corrected chi connectivity index (χ2v) is 7.88. The molecule has 0 radical (unpaired) electrons. The third-order valence-corrected chi connectivity index (χ3v) is 5.77. The van der Waals surface area contributed by atoms with Crippen LogP contribution in [-0.4, -0.2) is 43.1 Å². The summed E-state index contributed by atoms with van der Waals surface area (Å²) < 4.78 is 14.9. The first kappa shape index (κ1) is 18.2. The van der Waals surface area contributed by atoms with Crippen molar-refractivity contribution >= 4 is 11.3 Å². The van der Waals surface area contributed by atoms with Crippen molar-refractivity contribution in [3.63, 3.8) is 0 Å². The molecule has 1 aliphatic heterocycles. The standard InChI is InChI=1S/C19H22FN5OS/c1-13(26)17-10-25(23-22-17)16-6-8-24(9-7-16)11-19-21-18(12-27-19)14-2-4-15(20)5-3-14/h2-5,10,12-13,16,26H,6-9,11H2,1H3/t13-/m1/s1. The lowest BCUT2D eigenvalue weighted by Crippen LogP contribution is -2.34. The Hall–Kier alpha value is -2.16. The quantitative estimate of drug-likeness (QED) is 0.726. The molecule has 0 unspecified atom stereocenters. The third-order valence-electron chi connectivity index (χ3n) is 4.94. The third kappa shape index (κ3) is 4.23. The molecule has 6 nitrogen and oxygen atoms in total. The van der Waals surface area contributed by atoms with Crippen LogP contribution < -0.4 is 0 Å². The zero-order valence-electron chi connectivity index (χ0n) is 15.1. The highest BCUT2D eigenvalue weighted by Gasteiger charge is 2.23. The first-order valence-electron chi connectivity index (χ1n) is 9.11. The van der Waals surface area contributed by atoms with Gasteiger partial charge in [-0.15, -0.1) is 16.4 Å². The molecule has 4 rings (SSSR count). The molecule has 27 heavy (non-hydrogen) atoms. The molecule has 0 amide bonds. The maximum Gasteiger partial charge on any atom is 0.123 e. The van der Waals surface area contributed by atoms with E-state index in [2.05, 4.69) is 15.2 Å². The number of aliphatic hydroxyl groups excluding tert-OH is 1. The summed E-state index contributed by atoms with van der Waals surface area (Å²) in [6.45, 7) is 4.47. The van der Waals surface area contributed by atoms with Crippen LogP contribution in [0, 0.1) is 5.82 Å². The minimum atomic E-state index is -0.584. The zero-order chi connectivity index (χ0) is 18.8. The number of likely N-dealkylation sites (tertiary alicyclic amines) is 1. The molecule has 0 saturated carbocycles. The van der Waals surface area contributed by atoms with Gasteiger partial charge >= 0.3 is 0 Å². The van der Waals surface area contributed by atoms with Crippen molar-refractivity contribution in [2.75, 3.05) is 13.1 Å². The van der Waals surface area contributed by atoms with Gasteiger partial charge < -0.3 is 5.11 Å². The molecular formula is C19H22FN5OS. The van der Waals surface area contributed by atoms with Crippen molar-refractivity contribution in [1.29, 1.82) is 0 Å². The van der Waals surface area contributed by atoms with Gasteiger partial charge in [0.25, 0.3) is 0 Å². The van der Waals surface area contributed by atoms with E-state index >= 15 is 0 Å². The fraction of sp³-hybridized carbons (Fsp3) is 0.421. The SMILES string of the molecule is C[C@@H](O)c1cn(C2CCN(Cc3nc(-c4ccc(F)cc4)cs3)CC2)nn1. The summed E-state index contributed by atoms with van der Waals surface area (Å²) in [5, 5.41) is 20.9. The maximum atomic E-state index is 13.1. The first-order chi connectivity index (χ1) is 13.1. The van der Waals surface area contributed by atoms with Crippen molar-refractivity contribution in [1.82, 2.24) is 24.9 Å². The molecule has 1 atom stereocenters. The van der Waals surface area contributed by atoms with Gasteiger partial charge in [0.05, 0.1) is 30.6 Å². The fourth-order valence-corrected chi connectivity index (χ4v) is 4.17. The molecule has 0 bridgehead atoms. The molecule has 0 spiro atoms. The number of aliphatic hydroxyl groups is 1. The van der Waals surface area contributed by atoms with Gasteiger partial charge in [-0.05, 0) is 44.0 Å². The number of benzene rings is 1. The molecule has 3 aromatic rings. The largest absolute Gasteiger partial charge is 0.387 e. The molecule has 8 heteroatoms. The number of nitrogens with zero attached hydrogens (tertiary/aromatic N) is 5. The van der Waals surface area contributed by atoms with Gasteiger partial charge in [0, 0.05) is 24.0 Å². The Morgan fingerprint density at radius 2 is 2.00 bits per heavy atom. The van der Waals surface area contributed by atoms with Crippen molar-refractivity contribution in [3.05, 3.63) is 52.4 Å². The lowest BCUT2D eigenvalue weighted by Gasteiger charge is -2.31. The van der Waals surface area contributed by atoms with Gasteiger partial charge in [0.15, 0.2) is 0 Å². The second-order valence-electron chi connectivity index (χ2n) is 6.94. The summed E-state index contributed by atoms with van der Waals surface area (Å²) in [6.07, 6.45) is 3.26. The highest BCUT2D eigenvalue weighted by atomic mass is 32.1. The van der Waals surface area contributed by atoms with Crippen LogP contribution in [0.5, 0.6) is 0 Å². The fourth-order valence-electron chi connectivity index (χ4n) is 3.33. The van der Waals surface area contributed by atoms with E-state index in [1.807, 2.05) is 16.3 Å². The van der Waals surface area contributed by atoms with Crippen molar-refractivity contribution in [3.8, 4) is 11.3 Å². The predicted molar refractivity (Wildman–Crippen MR) is 102 cm³/mol. The van der Waals surface area contributed by atoms with E-state index in [1.165, 1.54) is 12.1 Å². The van der Waals surface area contributed by atoms with Crippen LogP contribution >= 0.6 is 11.3 Å². The van der Waals surface area contributed by atoms with E-state index in [0.29, 0.717) is 11.7 Å². The molecule has 1 fully saturated rings. The van der Waals surface area contributed by atoms with Crippen LogP contribution in [0.25, 0.3) is 11.3 Å². The van der Waals surface area contributed by atoms with Gasteiger partial charge in [0.2, 0.25) is 0 Å². The van der Waals surface area contributed by atoms with Crippen LogP contribution in [0.4, 0.5) is 4.39 Å². The monoisotopic (exact) mass is 387 g/mol. The highest BCUT2D eigenvalue weighted by molar-refractivity contribution is 7.09. The normalized spacial score (nSPS) is 17.3. The van der Waals surface area contributed by atoms with Gasteiger partial charge in [0.1, 0.15) is 16.5 Å². The predicted octanol–water partition coefficient (Wildman–Crippen LogP) is 3.43. The Labute approximate surface area is 161 Å². The molecule has 0 aliphatic carbocycles. The molecule has 142 valence electrons. The number of aromatic nitrogens is 4. The molecule has 1 saturated heterocycles. The molecule has 3 heterocycles. The Bertz CT molecular complexity index is 884. The Balaban J connectivity index is 1.33. The molecule has 2 aromatic heterocycles. The lowest BCUT2D eigenvalue weighted by molar-refractivity contribution is 0.172. The van der Waals surface area contributed by atoms with Crippen LogP contribution in [0.15, 0.2) is 35.8 Å². The number of rotatable bonds is 5. The van der Waals surface area contributed by atoms with E-state index in [9.17, 15) is 9.50 Å². The maximum absolute atomic E-state index is 13.1. The number of hydrogen-bond acceptors (Lipinski definition) is 6. The molecule has 1 aromatic carbocycles.